The minimum Gasteiger partial charge on any atom is -0.252 e. The molecule has 1 aromatic heterocycles. The lowest BCUT2D eigenvalue weighted by Gasteiger charge is -2.01. The summed E-state index contributed by atoms with van der Waals surface area (Å²) >= 11 is 0. The van der Waals surface area contributed by atoms with Crippen LogP contribution in [0.25, 0.3) is 0 Å². The first-order chi connectivity index (χ1) is 4.68. The van der Waals surface area contributed by atoms with Crippen molar-refractivity contribution in [1.29, 1.82) is 0 Å². The molecule has 1 aromatic rings. The van der Waals surface area contributed by atoms with Crippen LogP contribution in [-0.2, 0) is 6.54 Å². The van der Waals surface area contributed by atoms with E-state index in [0.29, 0.717) is 5.92 Å². The van der Waals surface area contributed by atoms with Gasteiger partial charge in [0.15, 0.2) is 0 Å². The molecule has 0 saturated carbocycles. The Morgan fingerprint density at radius 2 is 2.30 bits per heavy atom. The molecule has 0 aliphatic carbocycles. The fraction of sp³-hybridized carbons (Fsp3) is 0.714. The maximum atomic E-state index is 4.16. The summed E-state index contributed by atoms with van der Waals surface area (Å²) in [5.74, 6) is 1.49. The minimum atomic E-state index is 0.640. The molecule has 0 radical (unpaired) electrons. The van der Waals surface area contributed by atoms with Crippen LogP contribution >= 0.6 is 0 Å². The molecule has 0 fully saturated rings. The van der Waals surface area contributed by atoms with Gasteiger partial charge in [0.05, 0.1) is 0 Å². The van der Waals surface area contributed by atoms with E-state index in [0.717, 1.165) is 12.4 Å². The van der Waals surface area contributed by atoms with E-state index in [4.69, 9.17) is 0 Å². The van der Waals surface area contributed by atoms with Crippen molar-refractivity contribution in [2.24, 2.45) is 5.92 Å². The molecule has 1 heterocycles. The number of nitrogens with zero attached hydrogens (tertiary/aromatic N) is 3. The number of hydrogen-bond acceptors (Lipinski definition) is 2. The van der Waals surface area contributed by atoms with Gasteiger partial charge in [-0.05, 0) is 12.8 Å². The predicted molar refractivity (Wildman–Crippen MR) is 39.6 cm³/mol. The van der Waals surface area contributed by atoms with Crippen molar-refractivity contribution in [3.8, 4) is 0 Å². The smallest absolute Gasteiger partial charge is 0.147 e. The van der Waals surface area contributed by atoms with Gasteiger partial charge in [-0.3, -0.25) is 4.68 Å². The minimum absolute atomic E-state index is 0.640. The average molecular weight is 139 g/mol. The Morgan fingerprint density at radius 3 is 2.70 bits per heavy atom. The van der Waals surface area contributed by atoms with Crippen molar-refractivity contribution in [1.82, 2.24) is 14.8 Å². The van der Waals surface area contributed by atoms with Crippen molar-refractivity contribution < 1.29 is 0 Å². The van der Waals surface area contributed by atoms with E-state index in [-0.39, 0.29) is 0 Å². The normalized spacial score (nSPS) is 10.8. The number of hydrogen-bond donors (Lipinski definition) is 0. The molecular formula is C7H13N3. The van der Waals surface area contributed by atoms with Crippen LogP contribution < -0.4 is 0 Å². The summed E-state index contributed by atoms with van der Waals surface area (Å²) in [5, 5.41) is 4.16. The molecule has 1 rings (SSSR count). The highest BCUT2D eigenvalue weighted by atomic mass is 15.3. The number of aromatic nitrogens is 3. The Labute approximate surface area is 61.1 Å². The highest BCUT2D eigenvalue weighted by molar-refractivity contribution is 4.74. The zero-order chi connectivity index (χ0) is 7.56. The van der Waals surface area contributed by atoms with Crippen molar-refractivity contribution in [2.45, 2.75) is 27.3 Å². The standard InChI is InChI=1S/C7H13N3/c1-6(2)4-10-5-8-7(3)9-10/h5-6H,4H2,1-3H3. The monoisotopic (exact) mass is 139 g/mol. The summed E-state index contributed by atoms with van der Waals surface area (Å²) in [6.45, 7) is 7.19. The van der Waals surface area contributed by atoms with Crippen molar-refractivity contribution >= 4 is 0 Å². The molecular weight excluding hydrogens is 126 g/mol. The molecule has 0 saturated heterocycles. The summed E-state index contributed by atoms with van der Waals surface area (Å²) in [6.07, 6.45) is 1.77. The van der Waals surface area contributed by atoms with Crippen molar-refractivity contribution in [2.75, 3.05) is 0 Å². The van der Waals surface area contributed by atoms with E-state index in [2.05, 4.69) is 23.9 Å². The van der Waals surface area contributed by atoms with E-state index in [1.165, 1.54) is 0 Å². The molecule has 0 aliphatic heterocycles. The van der Waals surface area contributed by atoms with Gasteiger partial charge in [-0.15, -0.1) is 0 Å². The third-order valence-electron chi connectivity index (χ3n) is 1.20. The Morgan fingerprint density at radius 1 is 1.60 bits per heavy atom. The fourth-order valence-electron chi connectivity index (χ4n) is 0.850. The molecule has 0 N–H and O–H groups in total. The SMILES string of the molecule is Cc1ncn(CC(C)C)n1. The number of aryl methyl sites for hydroxylation is 1. The van der Waals surface area contributed by atoms with Crippen LogP contribution in [-0.4, -0.2) is 14.8 Å². The third kappa shape index (κ3) is 1.83. The molecule has 0 aliphatic rings. The topological polar surface area (TPSA) is 30.7 Å². The Balaban J connectivity index is 2.58. The van der Waals surface area contributed by atoms with Crippen molar-refractivity contribution in [3.63, 3.8) is 0 Å². The summed E-state index contributed by atoms with van der Waals surface area (Å²) in [5.41, 5.74) is 0. The first kappa shape index (κ1) is 7.25. The van der Waals surface area contributed by atoms with Gasteiger partial charge in [-0.25, -0.2) is 4.98 Å². The molecule has 3 nitrogen and oxygen atoms in total. The van der Waals surface area contributed by atoms with Gasteiger partial charge in [0.2, 0.25) is 0 Å². The van der Waals surface area contributed by atoms with Crippen LogP contribution in [0.1, 0.15) is 19.7 Å². The van der Waals surface area contributed by atoms with Gasteiger partial charge in [-0.2, -0.15) is 5.10 Å². The largest absolute Gasteiger partial charge is 0.252 e. The summed E-state index contributed by atoms with van der Waals surface area (Å²) in [4.78, 5) is 4.02. The van der Waals surface area contributed by atoms with Gasteiger partial charge in [-0.1, -0.05) is 13.8 Å². The predicted octanol–water partition coefficient (Wildman–Crippen LogP) is 1.24. The summed E-state index contributed by atoms with van der Waals surface area (Å²) < 4.78 is 1.88. The van der Waals surface area contributed by atoms with E-state index in [1.54, 1.807) is 6.33 Å². The molecule has 0 spiro atoms. The van der Waals surface area contributed by atoms with Gasteiger partial charge in [0.1, 0.15) is 12.2 Å². The Bertz CT molecular complexity index is 202. The molecule has 0 amide bonds. The Hall–Kier alpha value is -0.860. The lowest BCUT2D eigenvalue weighted by atomic mass is 10.2. The van der Waals surface area contributed by atoms with Crippen LogP contribution in [0.4, 0.5) is 0 Å². The average Bonchev–Trinajstić information content (AvgIpc) is 2.13. The molecule has 0 aromatic carbocycles. The first-order valence-electron chi connectivity index (χ1n) is 3.54. The van der Waals surface area contributed by atoms with Crippen LogP contribution in [0.2, 0.25) is 0 Å². The van der Waals surface area contributed by atoms with E-state index >= 15 is 0 Å². The summed E-state index contributed by atoms with van der Waals surface area (Å²) in [6, 6.07) is 0. The van der Waals surface area contributed by atoms with E-state index in [1.807, 2.05) is 11.6 Å². The fourth-order valence-corrected chi connectivity index (χ4v) is 0.850. The zero-order valence-corrected chi connectivity index (χ0v) is 6.70. The molecule has 56 valence electrons. The second kappa shape index (κ2) is 2.82. The van der Waals surface area contributed by atoms with Crippen LogP contribution in [0.15, 0.2) is 6.33 Å². The second-order valence-corrected chi connectivity index (χ2v) is 2.91. The van der Waals surface area contributed by atoms with Crippen LogP contribution in [0, 0.1) is 12.8 Å². The van der Waals surface area contributed by atoms with Crippen molar-refractivity contribution in [3.05, 3.63) is 12.2 Å². The molecule has 10 heavy (non-hydrogen) atoms. The molecule has 0 unspecified atom stereocenters. The van der Waals surface area contributed by atoms with Gasteiger partial charge in [0, 0.05) is 6.54 Å². The first-order valence-corrected chi connectivity index (χ1v) is 3.54. The maximum absolute atomic E-state index is 4.16. The molecule has 0 atom stereocenters. The van der Waals surface area contributed by atoms with E-state index < -0.39 is 0 Å². The maximum Gasteiger partial charge on any atom is 0.147 e. The number of rotatable bonds is 2. The van der Waals surface area contributed by atoms with Gasteiger partial charge < -0.3 is 0 Å². The highest BCUT2D eigenvalue weighted by Crippen LogP contribution is 1.96. The summed E-state index contributed by atoms with van der Waals surface area (Å²) in [7, 11) is 0. The lowest BCUT2D eigenvalue weighted by Crippen LogP contribution is -2.04. The third-order valence-corrected chi connectivity index (χ3v) is 1.20. The zero-order valence-electron chi connectivity index (χ0n) is 6.70. The molecule has 0 bridgehead atoms. The van der Waals surface area contributed by atoms with Crippen LogP contribution in [0.5, 0.6) is 0 Å². The van der Waals surface area contributed by atoms with Gasteiger partial charge in [0.25, 0.3) is 0 Å². The molecule has 3 heteroatoms. The lowest BCUT2D eigenvalue weighted by molar-refractivity contribution is 0.480. The Kier molecular flexibility index (Phi) is 2.04. The van der Waals surface area contributed by atoms with E-state index in [9.17, 15) is 0 Å². The van der Waals surface area contributed by atoms with Crippen LogP contribution in [0.3, 0.4) is 0 Å². The quantitative estimate of drug-likeness (QED) is 0.617. The van der Waals surface area contributed by atoms with Gasteiger partial charge >= 0.3 is 0 Å². The highest BCUT2D eigenvalue weighted by Gasteiger charge is 1.97. The second-order valence-electron chi connectivity index (χ2n) is 2.91.